The Labute approximate surface area is 191 Å². The number of nitrogens with zero attached hydrogens (tertiary/aromatic N) is 1. The second-order valence-corrected chi connectivity index (χ2v) is 7.02. The van der Waals surface area contributed by atoms with Crippen LogP contribution >= 0.6 is 11.6 Å². The van der Waals surface area contributed by atoms with Gasteiger partial charge in [0.05, 0.1) is 22.1 Å². The van der Waals surface area contributed by atoms with Gasteiger partial charge in [-0.1, -0.05) is 24.9 Å². The molecule has 2 rings (SSSR count). The molecule has 0 saturated heterocycles. The van der Waals surface area contributed by atoms with Gasteiger partial charge in [-0.25, -0.2) is 9.59 Å². The van der Waals surface area contributed by atoms with E-state index in [0.717, 1.165) is 30.3 Å². The third-order valence-corrected chi connectivity index (χ3v) is 4.52. The van der Waals surface area contributed by atoms with E-state index in [-0.39, 0.29) is 29.5 Å². The molecule has 0 amide bonds. The fourth-order valence-corrected chi connectivity index (χ4v) is 2.92. The molecule has 178 valence electrons. The number of carbonyl (C=O) groups excluding carboxylic acids is 2. The highest BCUT2D eigenvalue weighted by atomic mass is 35.5. The number of halogens is 4. The highest BCUT2D eigenvalue weighted by Gasteiger charge is 2.32. The van der Waals surface area contributed by atoms with E-state index in [1.165, 1.54) is 0 Å². The lowest BCUT2D eigenvalue weighted by Crippen LogP contribution is -2.29. The average molecular weight is 490 g/mol. The summed E-state index contributed by atoms with van der Waals surface area (Å²) >= 11 is 5.86. The highest BCUT2D eigenvalue weighted by molar-refractivity contribution is 6.32. The minimum Gasteiger partial charge on any atom is -0.463 e. The van der Waals surface area contributed by atoms with Crippen molar-refractivity contribution in [3.05, 3.63) is 62.7 Å². The zero-order valence-corrected chi connectivity index (χ0v) is 18.2. The van der Waals surface area contributed by atoms with E-state index in [1.54, 1.807) is 13.8 Å². The van der Waals surface area contributed by atoms with E-state index in [1.807, 2.05) is 0 Å². The molecular formula is C21H19ClF3NO7. The van der Waals surface area contributed by atoms with Gasteiger partial charge in [0.15, 0.2) is 6.10 Å². The molecule has 0 fully saturated rings. The summed E-state index contributed by atoms with van der Waals surface area (Å²) in [6.07, 6.45) is -5.28. The molecule has 0 spiro atoms. The van der Waals surface area contributed by atoms with E-state index in [2.05, 4.69) is 0 Å². The van der Waals surface area contributed by atoms with Crippen molar-refractivity contribution in [2.75, 3.05) is 6.61 Å². The normalized spacial score (nSPS) is 12.1. The first kappa shape index (κ1) is 25.9. The van der Waals surface area contributed by atoms with E-state index in [0.29, 0.717) is 12.5 Å². The van der Waals surface area contributed by atoms with Gasteiger partial charge < -0.3 is 14.2 Å². The van der Waals surface area contributed by atoms with Crippen LogP contribution in [0.15, 0.2) is 36.4 Å². The van der Waals surface area contributed by atoms with Crippen LogP contribution < -0.4 is 4.74 Å². The summed E-state index contributed by atoms with van der Waals surface area (Å²) in [6, 6.07) is 5.45. The number of nitro groups is 1. The SMILES string of the molecule is CCCC(OC(=O)c1cc(Oc2ccc(C(F)(F)F)cc2Cl)ccc1[N+](=O)[O-])C(=O)OCC. The highest BCUT2D eigenvalue weighted by Crippen LogP contribution is 2.37. The van der Waals surface area contributed by atoms with Crippen LogP contribution in [-0.4, -0.2) is 29.6 Å². The van der Waals surface area contributed by atoms with Crippen molar-refractivity contribution in [3.63, 3.8) is 0 Å². The van der Waals surface area contributed by atoms with Crippen molar-refractivity contribution in [1.82, 2.24) is 0 Å². The van der Waals surface area contributed by atoms with Gasteiger partial charge in [0.1, 0.15) is 17.1 Å². The number of nitro benzene ring substituents is 1. The first-order valence-corrected chi connectivity index (χ1v) is 10.1. The monoisotopic (exact) mass is 489 g/mol. The Morgan fingerprint density at radius 3 is 2.39 bits per heavy atom. The van der Waals surface area contributed by atoms with Crippen molar-refractivity contribution < 1.29 is 41.9 Å². The molecule has 0 radical (unpaired) electrons. The lowest BCUT2D eigenvalue weighted by atomic mass is 10.1. The molecule has 8 nitrogen and oxygen atoms in total. The van der Waals surface area contributed by atoms with Crippen molar-refractivity contribution >= 4 is 29.2 Å². The molecule has 0 saturated carbocycles. The molecule has 0 heterocycles. The molecule has 2 aromatic carbocycles. The fraction of sp³-hybridized carbons (Fsp3) is 0.333. The Bertz CT molecular complexity index is 1040. The second-order valence-electron chi connectivity index (χ2n) is 6.62. The standard InChI is InChI=1S/C21H19ClF3NO7/c1-3-5-18(20(28)31-4-2)33-19(27)14-11-13(7-8-16(14)26(29)30)32-17-9-6-12(10-15(17)22)21(23,24)25/h6-11,18H,3-5H2,1-2H3. The Morgan fingerprint density at radius 1 is 1.15 bits per heavy atom. The summed E-state index contributed by atoms with van der Waals surface area (Å²) in [5.41, 5.74) is -2.13. The second kappa shape index (κ2) is 11.0. The summed E-state index contributed by atoms with van der Waals surface area (Å²) in [5, 5.41) is 11.0. The van der Waals surface area contributed by atoms with E-state index in [9.17, 15) is 32.9 Å². The van der Waals surface area contributed by atoms with Gasteiger partial charge in [-0.05, 0) is 37.6 Å². The van der Waals surface area contributed by atoms with Crippen molar-refractivity contribution in [1.29, 1.82) is 0 Å². The summed E-state index contributed by atoms with van der Waals surface area (Å²) < 4.78 is 53.8. The maximum Gasteiger partial charge on any atom is 0.416 e. The van der Waals surface area contributed by atoms with Crippen LogP contribution in [0.25, 0.3) is 0 Å². The molecule has 1 atom stereocenters. The number of hydrogen-bond acceptors (Lipinski definition) is 7. The van der Waals surface area contributed by atoms with E-state index < -0.39 is 46.0 Å². The maximum atomic E-state index is 12.8. The number of benzene rings is 2. The number of hydrogen-bond donors (Lipinski definition) is 0. The zero-order valence-electron chi connectivity index (χ0n) is 17.5. The summed E-state index contributed by atoms with van der Waals surface area (Å²) in [7, 11) is 0. The Hall–Kier alpha value is -3.34. The molecule has 0 N–H and O–H groups in total. The molecule has 2 aromatic rings. The van der Waals surface area contributed by atoms with Gasteiger partial charge in [0, 0.05) is 12.1 Å². The fourth-order valence-electron chi connectivity index (χ4n) is 2.70. The Balaban J connectivity index is 2.35. The van der Waals surface area contributed by atoms with Gasteiger partial charge in [-0.3, -0.25) is 10.1 Å². The summed E-state index contributed by atoms with van der Waals surface area (Å²) in [6.45, 7) is 3.36. The quantitative estimate of drug-likeness (QED) is 0.243. The molecule has 0 aliphatic rings. The topological polar surface area (TPSA) is 105 Å². The third kappa shape index (κ3) is 6.82. The lowest BCUT2D eigenvalue weighted by Gasteiger charge is -2.16. The van der Waals surface area contributed by atoms with Gasteiger partial charge in [0.2, 0.25) is 0 Å². The summed E-state index contributed by atoms with van der Waals surface area (Å²) in [5.74, 6) is -2.26. The van der Waals surface area contributed by atoms with Gasteiger partial charge in [-0.15, -0.1) is 0 Å². The smallest absolute Gasteiger partial charge is 0.416 e. The van der Waals surface area contributed by atoms with Crippen LogP contribution in [0, 0.1) is 10.1 Å². The Kier molecular flexibility index (Phi) is 8.63. The van der Waals surface area contributed by atoms with E-state index in [4.69, 9.17) is 25.8 Å². The molecule has 12 heteroatoms. The number of alkyl halides is 3. The summed E-state index contributed by atoms with van der Waals surface area (Å²) in [4.78, 5) is 35.2. The van der Waals surface area contributed by atoms with Crippen LogP contribution in [-0.2, 0) is 20.4 Å². The van der Waals surface area contributed by atoms with E-state index >= 15 is 0 Å². The van der Waals surface area contributed by atoms with Crippen molar-refractivity contribution in [2.24, 2.45) is 0 Å². The number of carbonyl (C=O) groups is 2. The van der Waals surface area contributed by atoms with Gasteiger partial charge in [0.25, 0.3) is 5.69 Å². The third-order valence-electron chi connectivity index (χ3n) is 4.22. The number of rotatable bonds is 9. The maximum absolute atomic E-state index is 12.8. The Morgan fingerprint density at radius 2 is 1.85 bits per heavy atom. The lowest BCUT2D eigenvalue weighted by molar-refractivity contribution is -0.385. The molecule has 33 heavy (non-hydrogen) atoms. The molecular weight excluding hydrogens is 471 g/mol. The first-order chi connectivity index (χ1) is 15.5. The minimum absolute atomic E-state index is 0.0496. The molecule has 0 bridgehead atoms. The van der Waals surface area contributed by atoms with Crippen LogP contribution in [0.1, 0.15) is 42.6 Å². The molecule has 1 unspecified atom stereocenters. The average Bonchev–Trinajstić information content (AvgIpc) is 2.74. The predicted molar refractivity (Wildman–Crippen MR) is 110 cm³/mol. The van der Waals surface area contributed by atoms with Crippen LogP contribution in [0.4, 0.5) is 18.9 Å². The van der Waals surface area contributed by atoms with Crippen molar-refractivity contribution in [2.45, 2.75) is 39.0 Å². The van der Waals surface area contributed by atoms with Gasteiger partial charge >= 0.3 is 18.1 Å². The minimum atomic E-state index is -4.61. The predicted octanol–water partition coefficient (Wildman–Crippen LogP) is 5.95. The van der Waals surface area contributed by atoms with Crippen LogP contribution in [0.3, 0.4) is 0 Å². The van der Waals surface area contributed by atoms with Crippen LogP contribution in [0.5, 0.6) is 11.5 Å². The molecule has 0 aromatic heterocycles. The van der Waals surface area contributed by atoms with Crippen LogP contribution in [0.2, 0.25) is 5.02 Å². The molecule has 0 aliphatic carbocycles. The van der Waals surface area contributed by atoms with Gasteiger partial charge in [-0.2, -0.15) is 13.2 Å². The number of esters is 2. The molecule has 0 aliphatic heterocycles. The number of ether oxygens (including phenoxy) is 3. The zero-order chi connectivity index (χ0) is 24.8. The first-order valence-electron chi connectivity index (χ1n) is 9.68. The van der Waals surface area contributed by atoms with Crippen molar-refractivity contribution in [3.8, 4) is 11.5 Å². The largest absolute Gasteiger partial charge is 0.463 e.